The number of hydrogen-bond acceptors (Lipinski definition) is 7. The fourth-order valence-corrected chi connectivity index (χ4v) is 4.05. The second kappa shape index (κ2) is 10.9. The minimum atomic E-state index is -1.66. The van der Waals surface area contributed by atoms with Crippen LogP contribution in [-0.2, 0) is 23.9 Å². The van der Waals surface area contributed by atoms with Gasteiger partial charge in [0.2, 0.25) is 0 Å². The van der Waals surface area contributed by atoms with E-state index < -0.39 is 41.1 Å². The number of ketones is 1. The average molecular weight is 449 g/mol. The molecule has 2 rings (SSSR count). The maximum absolute atomic E-state index is 13.1. The Morgan fingerprint density at radius 2 is 1.56 bits per heavy atom. The first kappa shape index (κ1) is 25.8. The summed E-state index contributed by atoms with van der Waals surface area (Å²) in [5.41, 5.74) is -1.09. The number of benzene rings is 1. The van der Waals surface area contributed by atoms with Crippen molar-refractivity contribution in [2.75, 3.05) is 19.8 Å². The molecular formula is C25H36O7. The number of carbonyl (C=O) groups excluding carboxylic acids is 3. The zero-order chi connectivity index (χ0) is 24.1. The molecule has 32 heavy (non-hydrogen) atoms. The van der Waals surface area contributed by atoms with Gasteiger partial charge in [0.25, 0.3) is 0 Å². The summed E-state index contributed by atoms with van der Waals surface area (Å²) in [7, 11) is 0. The van der Waals surface area contributed by atoms with Gasteiger partial charge in [-0.3, -0.25) is 14.4 Å². The van der Waals surface area contributed by atoms with Gasteiger partial charge in [-0.15, -0.1) is 0 Å². The molecule has 1 aromatic rings. The molecule has 7 nitrogen and oxygen atoms in total. The maximum atomic E-state index is 13.1. The van der Waals surface area contributed by atoms with Crippen molar-refractivity contribution in [1.82, 2.24) is 0 Å². The predicted molar refractivity (Wildman–Crippen MR) is 119 cm³/mol. The van der Waals surface area contributed by atoms with Crippen LogP contribution in [0.15, 0.2) is 24.3 Å². The molecular weight excluding hydrogens is 412 g/mol. The van der Waals surface area contributed by atoms with Crippen LogP contribution in [0.5, 0.6) is 5.75 Å². The summed E-state index contributed by atoms with van der Waals surface area (Å²) in [4.78, 5) is 39.2. The molecule has 0 saturated heterocycles. The summed E-state index contributed by atoms with van der Waals surface area (Å²) in [6, 6.07) is 6.88. The van der Waals surface area contributed by atoms with Gasteiger partial charge in [0.15, 0.2) is 5.78 Å². The third kappa shape index (κ3) is 6.31. The number of hydrogen-bond donors (Lipinski definition) is 1. The molecule has 1 aliphatic rings. The van der Waals surface area contributed by atoms with Crippen LogP contribution in [-0.4, -0.2) is 48.3 Å². The van der Waals surface area contributed by atoms with Gasteiger partial charge in [-0.25, -0.2) is 0 Å². The van der Waals surface area contributed by atoms with Gasteiger partial charge in [0.05, 0.1) is 31.3 Å². The van der Waals surface area contributed by atoms with E-state index in [4.69, 9.17) is 14.2 Å². The molecule has 0 radical (unpaired) electrons. The van der Waals surface area contributed by atoms with Crippen LogP contribution in [0.3, 0.4) is 0 Å². The first-order valence-corrected chi connectivity index (χ1v) is 11.3. The Morgan fingerprint density at radius 1 is 1.03 bits per heavy atom. The lowest BCUT2D eigenvalue weighted by Gasteiger charge is -2.43. The van der Waals surface area contributed by atoms with E-state index in [2.05, 4.69) is 0 Å². The van der Waals surface area contributed by atoms with Crippen molar-refractivity contribution in [2.24, 2.45) is 23.7 Å². The number of Topliss-reactive ketones (excluding diaryl/α,β-unsaturated/α-hetero) is 1. The molecule has 0 heterocycles. The van der Waals surface area contributed by atoms with Crippen LogP contribution < -0.4 is 4.74 Å². The summed E-state index contributed by atoms with van der Waals surface area (Å²) in [6.07, 6.45) is -0.330. The third-order valence-corrected chi connectivity index (χ3v) is 5.47. The van der Waals surface area contributed by atoms with E-state index in [1.165, 1.54) is 6.92 Å². The number of aliphatic hydroxyl groups is 1. The molecule has 0 spiro atoms. The smallest absolute Gasteiger partial charge is 0.317 e. The second-order valence-corrected chi connectivity index (χ2v) is 9.53. The molecule has 178 valence electrons. The molecule has 0 unspecified atom stereocenters. The standard InChI is InChI=1S/C25H36O7/c1-7-30-18-10-8-17(9-11-18)20-21(23(27)31-13-15(2)3)19(26)12-25(6,29)22(20)24(28)32-14-16(4)5/h8-11,15-16,20-22,29H,7,12-14H2,1-6H3/t20-,21-,22+,25-/m1/s1. The lowest BCUT2D eigenvalue weighted by atomic mass is 9.61. The highest BCUT2D eigenvalue weighted by Gasteiger charge is 2.57. The number of carbonyl (C=O) groups is 3. The van der Waals surface area contributed by atoms with Gasteiger partial charge in [0, 0.05) is 12.3 Å². The minimum Gasteiger partial charge on any atom is -0.494 e. The predicted octanol–water partition coefficient (Wildman–Crippen LogP) is 3.52. The van der Waals surface area contributed by atoms with Crippen LogP contribution in [0, 0.1) is 23.7 Å². The van der Waals surface area contributed by atoms with Crippen molar-refractivity contribution in [2.45, 2.75) is 59.5 Å². The highest BCUT2D eigenvalue weighted by Crippen LogP contribution is 2.47. The van der Waals surface area contributed by atoms with Gasteiger partial charge < -0.3 is 19.3 Å². The minimum absolute atomic E-state index is 0.0940. The van der Waals surface area contributed by atoms with Gasteiger partial charge in [-0.1, -0.05) is 39.8 Å². The normalized spacial score (nSPS) is 25.7. The van der Waals surface area contributed by atoms with E-state index in [-0.39, 0.29) is 31.5 Å². The van der Waals surface area contributed by atoms with Crippen LogP contribution in [0.2, 0.25) is 0 Å². The van der Waals surface area contributed by atoms with Gasteiger partial charge >= 0.3 is 11.9 Å². The van der Waals surface area contributed by atoms with E-state index in [0.29, 0.717) is 17.9 Å². The van der Waals surface area contributed by atoms with Crippen LogP contribution in [0.4, 0.5) is 0 Å². The topological polar surface area (TPSA) is 99.1 Å². The molecule has 0 aliphatic heterocycles. The molecule has 0 amide bonds. The Morgan fingerprint density at radius 3 is 2.06 bits per heavy atom. The van der Waals surface area contributed by atoms with Crippen LogP contribution in [0.1, 0.15) is 59.4 Å². The molecule has 1 aliphatic carbocycles. The zero-order valence-electron chi connectivity index (χ0n) is 19.9. The number of esters is 2. The first-order chi connectivity index (χ1) is 15.0. The van der Waals surface area contributed by atoms with E-state index >= 15 is 0 Å². The fourth-order valence-electron chi connectivity index (χ4n) is 4.05. The highest BCUT2D eigenvalue weighted by molar-refractivity contribution is 6.02. The molecule has 1 saturated carbocycles. The highest BCUT2D eigenvalue weighted by atomic mass is 16.5. The average Bonchev–Trinajstić information content (AvgIpc) is 2.70. The van der Waals surface area contributed by atoms with Gasteiger partial charge in [0.1, 0.15) is 11.7 Å². The largest absolute Gasteiger partial charge is 0.494 e. The van der Waals surface area contributed by atoms with E-state index in [1.807, 2.05) is 34.6 Å². The second-order valence-electron chi connectivity index (χ2n) is 9.53. The number of rotatable bonds is 9. The number of ether oxygens (including phenoxy) is 3. The lowest BCUT2D eigenvalue weighted by molar-refractivity contribution is -0.173. The molecule has 0 aromatic heterocycles. The van der Waals surface area contributed by atoms with Crippen molar-refractivity contribution >= 4 is 17.7 Å². The van der Waals surface area contributed by atoms with Crippen LogP contribution >= 0.6 is 0 Å². The molecule has 7 heteroatoms. The van der Waals surface area contributed by atoms with Crippen molar-refractivity contribution in [3.63, 3.8) is 0 Å². The van der Waals surface area contributed by atoms with Crippen LogP contribution in [0.25, 0.3) is 0 Å². The van der Waals surface area contributed by atoms with Crippen molar-refractivity contribution in [3.05, 3.63) is 29.8 Å². The SMILES string of the molecule is CCOc1ccc([C@@H]2[C@H](C(=O)OCC(C)C)C(=O)C[C@@](C)(O)[C@@H]2C(=O)OCC(C)C)cc1. The summed E-state index contributed by atoms with van der Waals surface area (Å²) in [6.45, 7) is 11.8. The Kier molecular flexibility index (Phi) is 8.84. The molecule has 1 N–H and O–H groups in total. The molecule has 1 fully saturated rings. The monoisotopic (exact) mass is 448 g/mol. The Hall–Kier alpha value is -2.41. The van der Waals surface area contributed by atoms with Gasteiger partial charge in [-0.05, 0) is 43.4 Å². The van der Waals surface area contributed by atoms with E-state index in [0.717, 1.165) is 0 Å². The Labute approximate surface area is 190 Å². The van der Waals surface area contributed by atoms with E-state index in [1.54, 1.807) is 24.3 Å². The summed E-state index contributed by atoms with van der Waals surface area (Å²) >= 11 is 0. The third-order valence-electron chi connectivity index (χ3n) is 5.47. The summed E-state index contributed by atoms with van der Waals surface area (Å²) in [5, 5.41) is 11.1. The molecule has 1 aromatic carbocycles. The summed E-state index contributed by atoms with van der Waals surface area (Å²) in [5.74, 6) is -4.16. The van der Waals surface area contributed by atoms with Gasteiger partial charge in [-0.2, -0.15) is 0 Å². The lowest BCUT2D eigenvalue weighted by Crippen LogP contribution is -2.55. The van der Waals surface area contributed by atoms with Crippen molar-refractivity contribution in [1.29, 1.82) is 0 Å². The molecule has 4 atom stereocenters. The van der Waals surface area contributed by atoms with E-state index in [9.17, 15) is 19.5 Å². The fraction of sp³-hybridized carbons (Fsp3) is 0.640. The van der Waals surface area contributed by atoms with Crippen molar-refractivity contribution < 1.29 is 33.7 Å². The summed E-state index contributed by atoms with van der Waals surface area (Å²) < 4.78 is 16.4. The zero-order valence-corrected chi connectivity index (χ0v) is 19.9. The Bertz CT molecular complexity index is 795. The quantitative estimate of drug-likeness (QED) is 0.456. The maximum Gasteiger partial charge on any atom is 0.317 e. The van der Waals surface area contributed by atoms with Crippen molar-refractivity contribution in [3.8, 4) is 5.75 Å². The first-order valence-electron chi connectivity index (χ1n) is 11.3. The molecule has 0 bridgehead atoms. The Balaban J connectivity index is 2.51.